The highest BCUT2D eigenvalue weighted by atomic mass is 32.2. The highest BCUT2D eigenvalue weighted by molar-refractivity contribution is 7.88. The summed E-state index contributed by atoms with van der Waals surface area (Å²) < 4.78 is 29.9. The van der Waals surface area contributed by atoms with Gasteiger partial charge in [0, 0.05) is 17.5 Å². The average Bonchev–Trinajstić information content (AvgIpc) is 3.22. The van der Waals surface area contributed by atoms with E-state index < -0.39 is 22.0 Å². The summed E-state index contributed by atoms with van der Waals surface area (Å²) in [4.78, 5) is 16.7. The van der Waals surface area contributed by atoms with Gasteiger partial charge in [0.15, 0.2) is 0 Å². The van der Waals surface area contributed by atoms with Crippen molar-refractivity contribution in [1.29, 1.82) is 0 Å². The summed E-state index contributed by atoms with van der Waals surface area (Å²) in [5.41, 5.74) is 1.68. The summed E-state index contributed by atoms with van der Waals surface area (Å²) in [5, 5.41) is 2.71. The number of carbonyl (C=O) groups excluding carboxylic acids is 1. The number of carbonyl (C=O) groups is 1. The zero-order valence-corrected chi connectivity index (χ0v) is 14.8. The second-order valence-electron chi connectivity index (χ2n) is 5.65. The lowest BCUT2D eigenvalue weighted by molar-refractivity contribution is -0.148. The lowest BCUT2D eigenvalue weighted by Gasteiger charge is -2.20. The lowest BCUT2D eigenvalue weighted by Crippen LogP contribution is -2.40. The fourth-order valence-electron chi connectivity index (χ4n) is 2.70. The van der Waals surface area contributed by atoms with Gasteiger partial charge < -0.3 is 4.74 Å². The molecule has 0 radical (unpaired) electrons. The van der Waals surface area contributed by atoms with Gasteiger partial charge in [0.05, 0.1) is 11.9 Å². The number of hydrogen-bond donors (Lipinski definition) is 0. The highest BCUT2D eigenvalue weighted by Gasteiger charge is 2.37. The van der Waals surface area contributed by atoms with Crippen molar-refractivity contribution in [2.45, 2.75) is 25.5 Å². The first-order chi connectivity index (χ1) is 11.4. The molecule has 1 fully saturated rings. The molecule has 1 aromatic carbocycles. The number of thiazole rings is 1. The molecular weight excluding hydrogens is 348 g/mol. The number of benzene rings is 1. The van der Waals surface area contributed by atoms with E-state index in [1.54, 1.807) is 0 Å². The molecule has 3 rings (SSSR count). The molecule has 2 aromatic rings. The maximum Gasteiger partial charge on any atom is 0.324 e. The number of ether oxygens (including phenoxy) is 1. The van der Waals surface area contributed by atoms with Gasteiger partial charge in [-0.2, -0.15) is 4.31 Å². The first-order valence-electron chi connectivity index (χ1n) is 7.58. The van der Waals surface area contributed by atoms with E-state index in [0.717, 1.165) is 16.8 Å². The predicted octanol–water partition coefficient (Wildman–Crippen LogP) is 2.28. The van der Waals surface area contributed by atoms with Crippen LogP contribution in [0.15, 0.2) is 35.7 Å². The zero-order valence-electron chi connectivity index (χ0n) is 13.2. The molecule has 1 saturated heterocycles. The molecule has 0 spiro atoms. The van der Waals surface area contributed by atoms with Crippen LogP contribution < -0.4 is 0 Å². The molecule has 1 aliphatic heterocycles. The molecule has 24 heavy (non-hydrogen) atoms. The van der Waals surface area contributed by atoms with Gasteiger partial charge in [0.1, 0.15) is 17.7 Å². The van der Waals surface area contributed by atoms with Crippen molar-refractivity contribution in [3.8, 4) is 10.6 Å². The van der Waals surface area contributed by atoms with Crippen LogP contribution in [0, 0.1) is 0 Å². The quantitative estimate of drug-likeness (QED) is 0.759. The van der Waals surface area contributed by atoms with Crippen molar-refractivity contribution in [2.24, 2.45) is 0 Å². The van der Waals surface area contributed by atoms with Gasteiger partial charge in [-0.25, -0.2) is 13.4 Å². The summed E-state index contributed by atoms with van der Waals surface area (Å²) in [7, 11) is -3.39. The molecule has 1 atom stereocenters. The molecule has 2 heterocycles. The third-order valence-corrected chi connectivity index (χ3v) is 6.07. The molecule has 6 nitrogen and oxygen atoms in total. The molecule has 0 N–H and O–H groups in total. The minimum Gasteiger partial charge on any atom is -0.458 e. The van der Waals surface area contributed by atoms with Crippen LogP contribution in [0.2, 0.25) is 0 Å². The Bertz CT molecular complexity index is 818. The molecule has 1 aromatic heterocycles. The number of nitrogens with zero attached hydrogens (tertiary/aromatic N) is 2. The molecule has 0 saturated carbocycles. The van der Waals surface area contributed by atoms with E-state index in [-0.39, 0.29) is 6.61 Å². The topological polar surface area (TPSA) is 76.6 Å². The van der Waals surface area contributed by atoms with Crippen LogP contribution in [-0.4, -0.2) is 42.5 Å². The van der Waals surface area contributed by atoms with Crippen LogP contribution in [0.5, 0.6) is 0 Å². The van der Waals surface area contributed by atoms with E-state index in [2.05, 4.69) is 4.98 Å². The first kappa shape index (κ1) is 17.1. The molecule has 0 bridgehead atoms. The average molecular weight is 366 g/mol. The van der Waals surface area contributed by atoms with Crippen molar-refractivity contribution in [3.63, 3.8) is 0 Å². The Morgan fingerprint density at radius 2 is 2.12 bits per heavy atom. The summed E-state index contributed by atoms with van der Waals surface area (Å²) >= 11 is 1.48. The van der Waals surface area contributed by atoms with Crippen LogP contribution in [0.1, 0.15) is 18.5 Å². The van der Waals surface area contributed by atoms with E-state index in [1.807, 2.05) is 35.7 Å². The van der Waals surface area contributed by atoms with Crippen molar-refractivity contribution < 1.29 is 17.9 Å². The second-order valence-corrected chi connectivity index (χ2v) is 8.44. The van der Waals surface area contributed by atoms with Crippen LogP contribution in [-0.2, 0) is 26.2 Å². The number of esters is 1. The van der Waals surface area contributed by atoms with Crippen molar-refractivity contribution >= 4 is 27.3 Å². The Morgan fingerprint density at radius 1 is 1.38 bits per heavy atom. The fourth-order valence-corrected chi connectivity index (χ4v) is 4.63. The van der Waals surface area contributed by atoms with Crippen LogP contribution in [0.25, 0.3) is 10.6 Å². The molecular formula is C16H18N2O4S2. The summed E-state index contributed by atoms with van der Waals surface area (Å²) in [6.07, 6.45) is 2.28. The number of hydrogen-bond acceptors (Lipinski definition) is 6. The smallest absolute Gasteiger partial charge is 0.324 e. The van der Waals surface area contributed by atoms with Gasteiger partial charge in [0.2, 0.25) is 10.0 Å². The van der Waals surface area contributed by atoms with Crippen molar-refractivity contribution in [2.75, 3.05) is 12.8 Å². The van der Waals surface area contributed by atoms with E-state index >= 15 is 0 Å². The molecule has 8 heteroatoms. The SMILES string of the molecule is CS(=O)(=O)N1CCC[C@H]1C(=O)OCc1csc(-c2ccccc2)n1. The fraction of sp³-hybridized carbons (Fsp3) is 0.375. The maximum atomic E-state index is 12.2. The Hall–Kier alpha value is -1.77. The summed E-state index contributed by atoms with van der Waals surface area (Å²) in [6, 6.07) is 9.04. The van der Waals surface area contributed by atoms with Crippen LogP contribution in [0.4, 0.5) is 0 Å². The van der Waals surface area contributed by atoms with Gasteiger partial charge in [-0.1, -0.05) is 30.3 Å². The molecule has 128 valence electrons. The van der Waals surface area contributed by atoms with Crippen molar-refractivity contribution in [1.82, 2.24) is 9.29 Å². The van der Waals surface area contributed by atoms with Crippen molar-refractivity contribution in [3.05, 3.63) is 41.4 Å². The zero-order chi connectivity index (χ0) is 17.2. The van der Waals surface area contributed by atoms with Gasteiger partial charge in [-0.05, 0) is 12.8 Å². The number of rotatable bonds is 5. The first-order valence-corrected chi connectivity index (χ1v) is 10.3. The largest absolute Gasteiger partial charge is 0.458 e. The Kier molecular flexibility index (Phi) is 4.98. The molecule has 0 amide bonds. The third kappa shape index (κ3) is 3.82. The van der Waals surface area contributed by atoms with E-state index in [0.29, 0.717) is 25.1 Å². The number of sulfonamides is 1. The standard InChI is InChI=1S/C16H18N2O4S2/c1-24(20,21)18-9-5-8-14(18)16(19)22-10-13-11-23-15(17-13)12-6-3-2-4-7-12/h2-4,6-7,11,14H,5,8-10H2,1H3/t14-/m0/s1. The van der Waals surface area contributed by atoms with Crippen LogP contribution >= 0.6 is 11.3 Å². The minimum atomic E-state index is -3.39. The number of aromatic nitrogens is 1. The summed E-state index contributed by atoms with van der Waals surface area (Å²) in [5.74, 6) is -0.507. The van der Waals surface area contributed by atoms with Gasteiger partial charge in [-0.3, -0.25) is 4.79 Å². The monoisotopic (exact) mass is 366 g/mol. The van der Waals surface area contributed by atoms with E-state index in [9.17, 15) is 13.2 Å². The van der Waals surface area contributed by atoms with Gasteiger partial charge in [-0.15, -0.1) is 11.3 Å². The lowest BCUT2D eigenvalue weighted by atomic mass is 10.2. The normalized spacial score (nSPS) is 18.6. The molecule has 1 aliphatic rings. The second kappa shape index (κ2) is 7.00. The third-order valence-electron chi connectivity index (χ3n) is 3.84. The molecule has 0 aliphatic carbocycles. The van der Waals surface area contributed by atoms with Crippen LogP contribution in [0.3, 0.4) is 0 Å². The maximum absolute atomic E-state index is 12.2. The Labute approximate surface area is 145 Å². The predicted molar refractivity (Wildman–Crippen MR) is 91.9 cm³/mol. The van der Waals surface area contributed by atoms with Gasteiger partial charge >= 0.3 is 5.97 Å². The molecule has 0 unspecified atom stereocenters. The minimum absolute atomic E-state index is 0.0519. The Morgan fingerprint density at radius 3 is 2.83 bits per heavy atom. The van der Waals surface area contributed by atoms with E-state index in [1.165, 1.54) is 15.6 Å². The highest BCUT2D eigenvalue weighted by Crippen LogP contribution is 2.25. The summed E-state index contributed by atoms with van der Waals surface area (Å²) in [6.45, 7) is 0.420. The van der Waals surface area contributed by atoms with Gasteiger partial charge in [0.25, 0.3) is 0 Å². The van der Waals surface area contributed by atoms with E-state index in [4.69, 9.17) is 4.74 Å². The Balaban J connectivity index is 1.62.